The van der Waals surface area contributed by atoms with Crippen LogP contribution in [0, 0.1) is 18.3 Å². The number of hydrogen-bond donors (Lipinski definition) is 1. The average molecular weight is 353 g/mol. The minimum Gasteiger partial charge on any atom is -0.405 e. The van der Waals surface area contributed by atoms with E-state index in [9.17, 15) is 5.11 Å². The molecule has 2 unspecified atom stereocenters. The predicted octanol–water partition coefficient (Wildman–Crippen LogP) is 3.19. The van der Waals surface area contributed by atoms with E-state index in [4.69, 9.17) is 10.8 Å². The number of terminal acetylenes is 1. The Morgan fingerprint density at radius 3 is 1.80 bits per heavy atom. The highest BCUT2D eigenvalue weighted by molar-refractivity contribution is 6.99. The zero-order valence-electron chi connectivity index (χ0n) is 15.6. The zero-order chi connectivity index (χ0) is 18.5. The quantitative estimate of drug-likeness (QED) is 0.639. The molecule has 0 aliphatic carbocycles. The Kier molecular flexibility index (Phi) is 6.24. The third kappa shape index (κ3) is 4.04. The van der Waals surface area contributed by atoms with Gasteiger partial charge in [0, 0.05) is 5.92 Å². The summed E-state index contributed by atoms with van der Waals surface area (Å²) in [6, 6.07) is 20.8. The van der Waals surface area contributed by atoms with Crippen molar-refractivity contribution in [2.75, 3.05) is 6.61 Å². The number of rotatable bonds is 6. The lowest BCUT2D eigenvalue weighted by atomic mass is 10.1. The van der Waals surface area contributed by atoms with Gasteiger partial charge in [0.2, 0.25) is 0 Å². The van der Waals surface area contributed by atoms with Gasteiger partial charge in [-0.05, 0) is 22.3 Å². The second kappa shape index (κ2) is 8.01. The summed E-state index contributed by atoms with van der Waals surface area (Å²) in [5.41, 5.74) is 0. The molecule has 0 bridgehead atoms. The van der Waals surface area contributed by atoms with Gasteiger partial charge in [-0.3, -0.25) is 0 Å². The van der Waals surface area contributed by atoms with Crippen molar-refractivity contribution in [3.63, 3.8) is 0 Å². The highest BCUT2D eigenvalue weighted by Crippen LogP contribution is 2.36. The smallest absolute Gasteiger partial charge is 0.261 e. The van der Waals surface area contributed by atoms with Crippen LogP contribution in [-0.2, 0) is 4.43 Å². The lowest BCUT2D eigenvalue weighted by molar-refractivity contribution is 0.0778. The molecule has 2 aromatic rings. The van der Waals surface area contributed by atoms with E-state index in [1.165, 1.54) is 10.4 Å². The van der Waals surface area contributed by atoms with Crippen LogP contribution >= 0.6 is 0 Å². The van der Waals surface area contributed by atoms with E-state index in [0.29, 0.717) is 0 Å². The fraction of sp³-hybridized carbons (Fsp3) is 0.364. The third-order valence-electron chi connectivity index (χ3n) is 4.73. The van der Waals surface area contributed by atoms with Crippen molar-refractivity contribution in [3.8, 4) is 12.3 Å². The fourth-order valence-corrected chi connectivity index (χ4v) is 7.80. The van der Waals surface area contributed by atoms with E-state index < -0.39 is 14.4 Å². The van der Waals surface area contributed by atoms with Crippen molar-refractivity contribution in [1.82, 2.24) is 0 Å². The molecule has 2 rings (SSSR count). The first-order chi connectivity index (χ1) is 11.8. The first-order valence-electron chi connectivity index (χ1n) is 8.72. The van der Waals surface area contributed by atoms with Gasteiger partial charge in [-0.2, -0.15) is 0 Å². The molecule has 0 fully saturated rings. The maximum absolute atomic E-state index is 10.4. The minimum atomic E-state index is -2.60. The van der Waals surface area contributed by atoms with Gasteiger partial charge in [0.05, 0.1) is 12.7 Å². The molecule has 0 aliphatic heterocycles. The van der Waals surface area contributed by atoms with Gasteiger partial charge in [0.15, 0.2) is 0 Å². The summed E-state index contributed by atoms with van der Waals surface area (Å²) < 4.78 is 6.64. The summed E-state index contributed by atoms with van der Waals surface area (Å²) >= 11 is 0. The molecule has 0 aromatic heterocycles. The largest absolute Gasteiger partial charge is 0.405 e. The summed E-state index contributed by atoms with van der Waals surface area (Å²) in [5, 5.41) is 12.7. The molecule has 0 amide bonds. The zero-order valence-corrected chi connectivity index (χ0v) is 16.6. The van der Waals surface area contributed by atoms with E-state index in [0.717, 1.165) is 0 Å². The fourth-order valence-electron chi connectivity index (χ4n) is 3.23. The Morgan fingerprint density at radius 2 is 1.44 bits per heavy atom. The first kappa shape index (κ1) is 19.5. The van der Waals surface area contributed by atoms with E-state index in [1.54, 1.807) is 0 Å². The second-order valence-electron chi connectivity index (χ2n) is 7.50. The molecule has 0 aliphatic rings. The van der Waals surface area contributed by atoms with Crippen molar-refractivity contribution < 1.29 is 9.53 Å². The highest BCUT2D eigenvalue weighted by Gasteiger charge is 2.50. The minimum absolute atomic E-state index is 0.102. The topological polar surface area (TPSA) is 29.5 Å². The molecule has 0 radical (unpaired) electrons. The summed E-state index contributed by atoms with van der Waals surface area (Å²) in [6.45, 7) is 8.74. The summed E-state index contributed by atoms with van der Waals surface area (Å²) in [5.74, 6) is 2.37. The Morgan fingerprint density at radius 1 is 1.00 bits per heavy atom. The van der Waals surface area contributed by atoms with Crippen molar-refractivity contribution in [3.05, 3.63) is 60.7 Å². The Balaban J connectivity index is 2.55. The first-order valence-corrected chi connectivity index (χ1v) is 10.6. The standard InChI is InChI=1S/C22H28O2Si/c1-6-18(2)21(23)17-24-25(22(3,4)5,19-13-9-7-10-14-19)20-15-11-8-12-16-20/h1,7-16,18,21,23H,17H2,2-5H3. The second-order valence-corrected chi connectivity index (χ2v) is 11.8. The van der Waals surface area contributed by atoms with Crippen LogP contribution in [0.2, 0.25) is 5.04 Å². The maximum Gasteiger partial charge on any atom is 0.261 e. The van der Waals surface area contributed by atoms with Gasteiger partial charge < -0.3 is 9.53 Å². The van der Waals surface area contributed by atoms with Gasteiger partial charge in [-0.25, -0.2) is 0 Å². The Hall–Kier alpha value is -1.86. The van der Waals surface area contributed by atoms with Crippen LogP contribution in [0.4, 0.5) is 0 Å². The number of aliphatic hydroxyl groups excluding tert-OH is 1. The molecule has 132 valence electrons. The third-order valence-corrected chi connectivity index (χ3v) is 9.73. The predicted molar refractivity (Wildman–Crippen MR) is 108 cm³/mol. The van der Waals surface area contributed by atoms with Gasteiger partial charge in [-0.15, -0.1) is 12.3 Å². The summed E-state index contributed by atoms with van der Waals surface area (Å²) in [4.78, 5) is 0. The number of aliphatic hydroxyl groups is 1. The van der Waals surface area contributed by atoms with Gasteiger partial charge >= 0.3 is 0 Å². The SMILES string of the molecule is C#CC(C)C(O)CO[Si](c1ccccc1)(c1ccccc1)C(C)(C)C. The van der Waals surface area contributed by atoms with Crippen LogP contribution in [-0.4, -0.2) is 26.1 Å². The van der Waals surface area contributed by atoms with Crippen molar-refractivity contribution >= 4 is 18.7 Å². The van der Waals surface area contributed by atoms with Crippen LogP contribution in [0.25, 0.3) is 0 Å². The molecule has 25 heavy (non-hydrogen) atoms. The van der Waals surface area contributed by atoms with E-state index >= 15 is 0 Å². The molecule has 0 spiro atoms. The van der Waals surface area contributed by atoms with Crippen LogP contribution in [0.3, 0.4) is 0 Å². The Labute approximate surface area is 153 Å². The molecule has 2 atom stereocenters. The van der Waals surface area contributed by atoms with Crippen LogP contribution in [0.1, 0.15) is 27.7 Å². The maximum atomic E-state index is 10.4. The highest BCUT2D eigenvalue weighted by atomic mass is 28.4. The van der Waals surface area contributed by atoms with Crippen molar-refractivity contribution in [2.24, 2.45) is 5.92 Å². The summed E-state index contributed by atoms with van der Waals surface area (Å²) in [7, 11) is -2.60. The lowest BCUT2D eigenvalue weighted by Gasteiger charge is -2.43. The normalized spacial score (nSPS) is 14.6. The number of hydrogen-bond acceptors (Lipinski definition) is 2. The Bertz CT molecular complexity index is 659. The average Bonchev–Trinajstić information content (AvgIpc) is 2.62. The lowest BCUT2D eigenvalue weighted by Crippen LogP contribution is -2.67. The molecular formula is C22H28O2Si. The van der Waals surface area contributed by atoms with Gasteiger partial charge in [0.1, 0.15) is 0 Å². The molecular weight excluding hydrogens is 324 g/mol. The molecule has 3 heteroatoms. The van der Waals surface area contributed by atoms with Crippen LogP contribution in [0.5, 0.6) is 0 Å². The van der Waals surface area contributed by atoms with Crippen molar-refractivity contribution in [2.45, 2.75) is 38.8 Å². The summed E-state index contributed by atoms with van der Waals surface area (Å²) in [6.07, 6.45) is 4.79. The molecule has 0 heterocycles. The van der Waals surface area contributed by atoms with Crippen LogP contribution in [0.15, 0.2) is 60.7 Å². The molecule has 1 N–H and O–H groups in total. The van der Waals surface area contributed by atoms with E-state index in [-0.39, 0.29) is 17.6 Å². The van der Waals surface area contributed by atoms with E-state index in [1.807, 2.05) is 19.1 Å². The molecule has 0 saturated carbocycles. The van der Waals surface area contributed by atoms with Crippen molar-refractivity contribution in [1.29, 1.82) is 0 Å². The van der Waals surface area contributed by atoms with Gasteiger partial charge in [-0.1, -0.05) is 81.4 Å². The molecule has 0 saturated heterocycles. The molecule has 2 aromatic carbocycles. The molecule has 2 nitrogen and oxygen atoms in total. The number of benzene rings is 2. The monoisotopic (exact) mass is 352 g/mol. The van der Waals surface area contributed by atoms with Gasteiger partial charge in [0.25, 0.3) is 8.32 Å². The van der Waals surface area contributed by atoms with Crippen LogP contribution < -0.4 is 10.4 Å². The van der Waals surface area contributed by atoms with E-state index in [2.05, 4.69) is 75.2 Å².